The zero-order valence-corrected chi connectivity index (χ0v) is 17.1. The Kier molecular flexibility index (Phi) is 5.14. The van der Waals surface area contributed by atoms with Gasteiger partial charge in [0.25, 0.3) is 0 Å². The van der Waals surface area contributed by atoms with E-state index in [0.29, 0.717) is 24.3 Å². The monoisotopic (exact) mass is 402 g/mol. The third-order valence-electron chi connectivity index (χ3n) is 5.27. The molecule has 0 fully saturated rings. The molecule has 9 nitrogen and oxygen atoms in total. The van der Waals surface area contributed by atoms with E-state index in [1.807, 2.05) is 55.0 Å². The van der Waals surface area contributed by atoms with Gasteiger partial charge in [-0.2, -0.15) is 10.4 Å². The zero-order chi connectivity index (χ0) is 21.3. The first-order chi connectivity index (χ1) is 14.4. The lowest BCUT2D eigenvalue weighted by atomic mass is 10.1. The van der Waals surface area contributed by atoms with E-state index in [0.717, 1.165) is 34.9 Å². The van der Waals surface area contributed by atoms with Crippen molar-refractivity contribution in [2.75, 3.05) is 17.3 Å². The third-order valence-corrected chi connectivity index (χ3v) is 5.27. The van der Waals surface area contributed by atoms with Gasteiger partial charge in [0.15, 0.2) is 5.82 Å². The summed E-state index contributed by atoms with van der Waals surface area (Å²) in [5.41, 5.74) is 3.91. The molecule has 152 valence electrons. The van der Waals surface area contributed by atoms with Crippen molar-refractivity contribution in [1.82, 2.24) is 24.7 Å². The second-order valence-electron chi connectivity index (χ2n) is 7.41. The van der Waals surface area contributed by atoms with E-state index in [-0.39, 0.29) is 11.9 Å². The second kappa shape index (κ2) is 7.91. The van der Waals surface area contributed by atoms with E-state index >= 15 is 0 Å². The van der Waals surface area contributed by atoms with Gasteiger partial charge >= 0.3 is 0 Å². The number of rotatable bonds is 5. The minimum atomic E-state index is -0.271. The minimum absolute atomic E-state index is 0.0482. The fraction of sp³-hybridized carbons (Fsp3) is 0.333. The number of pyridine rings is 1. The zero-order valence-electron chi connectivity index (χ0n) is 17.1. The third kappa shape index (κ3) is 3.85. The first-order valence-electron chi connectivity index (χ1n) is 9.72. The quantitative estimate of drug-likeness (QED) is 0.693. The number of nitriles is 1. The van der Waals surface area contributed by atoms with Gasteiger partial charge in [0.05, 0.1) is 18.4 Å². The molecule has 3 aromatic rings. The molecule has 0 bridgehead atoms. The molecule has 30 heavy (non-hydrogen) atoms. The number of carbonyl (C=O) groups is 1. The highest BCUT2D eigenvalue weighted by Crippen LogP contribution is 2.31. The molecule has 4 rings (SSSR count). The Labute approximate surface area is 174 Å². The first kappa shape index (κ1) is 19.5. The van der Waals surface area contributed by atoms with E-state index in [2.05, 4.69) is 25.4 Å². The highest BCUT2D eigenvalue weighted by molar-refractivity contribution is 6.02. The van der Waals surface area contributed by atoms with Gasteiger partial charge in [-0.05, 0) is 43.5 Å². The molecule has 0 radical (unpaired) electrons. The standard InChI is InChI=1S/C21H22N8O/c1-13-19-20(28(3)14(2)21(30)27-19)26-18(25-13)5-4-16-10-24-29(12-16)11-15-6-7-23-17(8-15)9-22/h6-8,10,12,14H,4-5,11H2,1-3H3,(H,27,30)/t14-/m1/s1. The Balaban J connectivity index is 1.45. The lowest BCUT2D eigenvalue weighted by Crippen LogP contribution is -2.45. The second-order valence-corrected chi connectivity index (χ2v) is 7.41. The molecule has 1 aliphatic heterocycles. The van der Waals surface area contributed by atoms with E-state index in [1.165, 1.54) is 0 Å². The van der Waals surface area contributed by atoms with Crippen LogP contribution < -0.4 is 10.2 Å². The molecule has 1 atom stereocenters. The van der Waals surface area contributed by atoms with E-state index in [9.17, 15) is 4.79 Å². The number of carbonyl (C=O) groups excluding carboxylic acids is 1. The van der Waals surface area contributed by atoms with Gasteiger partial charge in [-0.3, -0.25) is 9.48 Å². The predicted molar refractivity (Wildman–Crippen MR) is 111 cm³/mol. The van der Waals surface area contributed by atoms with Crippen molar-refractivity contribution >= 4 is 17.4 Å². The number of hydrogen-bond donors (Lipinski definition) is 1. The molecule has 9 heteroatoms. The van der Waals surface area contributed by atoms with Crippen molar-refractivity contribution < 1.29 is 4.79 Å². The summed E-state index contributed by atoms with van der Waals surface area (Å²) in [6, 6.07) is 5.42. The summed E-state index contributed by atoms with van der Waals surface area (Å²) >= 11 is 0. The van der Waals surface area contributed by atoms with Crippen LogP contribution in [0.4, 0.5) is 11.5 Å². The largest absolute Gasteiger partial charge is 0.346 e. The van der Waals surface area contributed by atoms with E-state index < -0.39 is 0 Å². The molecular formula is C21H22N8O. The lowest BCUT2D eigenvalue weighted by molar-refractivity contribution is -0.117. The summed E-state index contributed by atoms with van der Waals surface area (Å²) in [4.78, 5) is 27.2. The summed E-state index contributed by atoms with van der Waals surface area (Å²) in [5.74, 6) is 1.45. The van der Waals surface area contributed by atoms with Gasteiger partial charge in [-0.15, -0.1) is 0 Å². The molecule has 1 aliphatic rings. The molecule has 0 aliphatic carbocycles. The molecule has 0 saturated carbocycles. The van der Waals surface area contributed by atoms with Crippen LogP contribution in [0.1, 0.15) is 35.3 Å². The number of hydrogen-bond acceptors (Lipinski definition) is 7. The Morgan fingerprint density at radius 2 is 2.10 bits per heavy atom. The van der Waals surface area contributed by atoms with Crippen molar-refractivity contribution in [3.05, 3.63) is 59.1 Å². The van der Waals surface area contributed by atoms with Crippen molar-refractivity contribution in [2.24, 2.45) is 0 Å². The Morgan fingerprint density at radius 3 is 2.90 bits per heavy atom. The summed E-state index contributed by atoms with van der Waals surface area (Å²) in [6.07, 6.45) is 6.89. The van der Waals surface area contributed by atoms with Crippen molar-refractivity contribution in [3.63, 3.8) is 0 Å². The minimum Gasteiger partial charge on any atom is -0.346 e. The van der Waals surface area contributed by atoms with E-state index in [1.54, 1.807) is 12.3 Å². The smallest absolute Gasteiger partial charge is 0.246 e. The summed E-state index contributed by atoms with van der Waals surface area (Å²) in [6.45, 7) is 4.32. The fourth-order valence-corrected chi connectivity index (χ4v) is 3.41. The fourth-order valence-electron chi connectivity index (χ4n) is 3.41. The van der Waals surface area contributed by atoms with Crippen LogP contribution in [-0.2, 0) is 24.2 Å². The van der Waals surface area contributed by atoms with Crippen LogP contribution in [0.2, 0.25) is 0 Å². The number of likely N-dealkylation sites (N-methyl/N-ethyl adjacent to an activating group) is 1. The van der Waals surface area contributed by atoms with Crippen LogP contribution in [0.15, 0.2) is 30.7 Å². The van der Waals surface area contributed by atoms with Crippen molar-refractivity contribution in [1.29, 1.82) is 5.26 Å². The number of fused-ring (bicyclic) bond motifs is 1. The van der Waals surface area contributed by atoms with Crippen LogP contribution in [0.5, 0.6) is 0 Å². The Hall–Kier alpha value is -3.80. The highest BCUT2D eigenvalue weighted by atomic mass is 16.2. The maximum absolute atomic E-state index is 12.0. The molecule has 1 amide bonds. The molecule has 0 unspecified atom stereocenters. The Bertz CT molecular complexity index is 1150. The van der Waals surface area contributed by atoms with Gasteiger partial charge in [0, 0.05) is 25.9 Å². The predicted octanol–water partition coefficient (Wildman–Crippen LogP) is 1.86. The van der Waals surface area contributed by atoms with Crippen LogP contribution in [0, 0.1) is 18.3 Å². The molecule has 4 heterocycles. The summed E-state index contributed by atoms with van der Waals surface area (Å²) in [5, 5.41) is 16.3. The van der Waals surface area contributed by atoms with Crippen LogP contribution in [0.3, 0.4) is 0 Å². The average molecular weight is 402 g/mol. The molecular weight excluding hydrogens is 380 g/mol. The van der Waals surface area contributed by atoms with Crippen molar-refractivity contribution in [2.45, 2.75) is 39.3 Å². The van der Waals surface area contributed by atoms with Crippen LogP contribution >= 0.6 is 0 Å². The molecule has 0 spiro atoms. The number of aryl methyl sites for hydroxylation is 3. The van der Waals surface area contributed by atoms with Crippen molar-refractivity contribution in [3.8, 4) is 6.07 Å². The normalized spacial score (nSPS) is 15.5. The summed E-state index contributed by atoms with van der Waals surface area (Å²) in [7, 11) is 1.87. The van der Waals surface area contributed by atoms with Gasteiger partial charge in [0.2, 0.25) is 5.91 Å². The van der Waals surface area contributed by atoms with Gasteiger partial charge < -0.3 is 10.2 Å². The lowest BCUT2D eigenvalue weighted by Gasteiger charge is -2.32. The number of nitrogens with one attached hydrogen (secondary N) is 1. The van der Waals surface area contributed by atoms with Crippen LogP contribution in [-0.4, -0.2) is 43.7 Å². The van der Waals surface area contributed by atoms with Gasteiger partial charge in [-0.1, -0.05) is 0 Å². The molecule has 3 aromatic heterocycles. The highest BCUT2D eigenvalue weighted by Gasteiger charge is 2.30. The Morgan fingerprint density at radius 1 is 1.27 bits per heavy atom. The number of anilines is 2. The van der Waals surface area contributed by atoms with Gasteiger partial charge in [-0.25, -0.2) is 15.0 Å². The summed E-state index contributed by atoms with van der Waals surface area (Å²) < 4.78 is 1.84. The average Bonchev–Trinajstić information content (AvgIpc) is 3.19. The molecule has 1 N–H and O–H groups in total. The SMILES string of the molecule is Cc1nc(CCc2cnn(Cc3ccnc(C#N)c3)c2)nc2c1NC(=O)[C@@H](C)N2C. The molecule has 0 aromatic carbocycles. The first-order valence-corrected chi connectivity index (χ1v) is 9.72. The number of aromatic nitrogens is 5. The maximum atomic E-state index is 12.0. The van der Waals surface area contributed by atoms with Crippen LogP contribution in [0.25, 0.3) is 0 Å². The van der Waals surface area contributed by atoms with Gasteiger partial charge in [0.1, 0.15) is 29.3 Å². The maximum Gasteiger partial charge on any atom is 0.246 e. The molecule has 0 saturated heterocycles. The van der Waals surface area contributed by atoms with E-state index in [4.69, 9.17) is 5.26 Å². The number of amides is 1. The number of nitrogens with zero attached hydrogens (tertiary/aromatic N) is 7. The topological polar surface area (TPSA) is 113 Å².